The summed E-state index contributed by atoms with van der Waals surface area (Å²) in [6, 6.07) is 26.2. The summed E-state index contributed by atoms with van der Waals surface area (Å²) < 4.78 is 20.6. The van der Waals surface area contributed by atoms with E-state index in [1.54, 1.807) is 18.2 Å². The number of nitrogens with zero attached hydrogens (tertiary/aromatic N) is 4. The number of hydrogen-bond donors (Lipinski definition) is 0. The number of halogens is 1. The van der Waals surface area contributed by atoms with Crippen LogP contribution in [0.2, 0.25) is 0 Å². The second-order valence-corrected chi connectivity index (χ2v) is 9.51. The first-order valence-electron chi connectivity index (χ1n) is 12.9. The van der Waals surface area contributed by atoms with Crippen molar-refractivity contribution in [3.05, 3.63) is 113 Å². The molecule has 0 unspecified atom stereocenters. The van der Waals surface area contributed by atoms with Crippen molar-refractivity contribution in [1.82, 2.24) is 14.9 Å². The van der Waals surface area contributed by atoms with E-state index in [4.69, 9.17) is 14.7 Å². The van der Waals surface area contributed by atoms with E-state index in [0.717, 1.165) is 16.8 Å². The van der Waals surface area contributed by atoms with Crippen LogP contribution in [0.15, 0.2) is 84.9 Å². The maximum atomic E-state index is 14.6. The van der Waals surface area contributed by atoms with E-state index in [1.165, 1.54) is 6.07 Å². The van der Waals surface area contributed by atoms with Crippen molar-refractivity contribution in [3.8, 4) is 11.6 Å². The molecule has 6 nitrogen and oxygen atoms in total. The van der Waals surface area contributed by atoms with Gasteiger partial charge in [-0.2, -0.15) is 4.98 Å². The summed E-state index contributed by atoms with van der Waals surface area (Å²) in [5.74, 6) is 0.217. The van der Waals surface area contributed by atoms with E-state index >= 15 is 0 Å². The fourth-order valence-corrected chi connectivity index (χ4v) is 4.83. The van der Waals surface area contributed by atoms with Crippen LogP contribution in [0.25, 0.3) is 0 Å². The zero-order valence-electron chi connectivity index (χ0n) is 21.7. The van der Waals surface area contributed by atoms with Gasteiger partial charge in [0, 0.05) is 26.6 Å². The molecule has 194 valence electrons. The number of amides is 1. The Bertz CT molecular complexity index is 1400. The Morgan fingerprint density at radius 3 is 2.39 bits per heavy atom. The average Bonchev–Trinajstić information content (AvgIpc) is 2.95. The maximum absolute atomic E-state index is 14.6. The third-order valence-electron chi connectivity index (χ3n) is 6.88. The highest BCUT2D eigenvalue weighted by Gasteiger charge is 2.31. The third kappa shape index (κ3) is 5.52. The molecule has 0 N–H and O–H groups in total. The summed E-state index contributed by atoms with van der Waals surface area (Å²) in [6.07, 6.45) is 1.26. The number of anilines is 1. The molecule has 3 aromatic carbocycles. The van der Waals surface area contributed by atoms with Crippen molar-refractivity contribution in [1.29, 1.82) is 0 Å². The summed E-state index contributed by atoms with van der Waals surface area (Å²) in [4.78, 5) is 27.0. The minimum Gasteiger partial charge on any atom is -0.435 e. The molecule has 5 rings (SSSR count). The number of rotatable bonds is 8. The lowest BCUT2D eigenvalue weighted by Crippen LogP contribution is -2.39. The van der Waals surface area contributed by atoms with E-state index in [1.807, 2.05) is 84.4 Å². The van der Waals surface area contributed by atoms with Gasteiger partial charge in [0.15, 0.2) is 11.6 Å². The number of carbonyl (C=O) groups excluding carboxylic acids is 1. The summed E-state index contributed by atoms with van der Waals surface area (Å²) in [6.45, 7) is 3.49. The summed E-state index contributed by atoms with van der Waals surface area (Å²) in [5.41, 5.74) is 3.66. The Kier molecular flexibility index (Phi) is 7.63. The van der Waals surface area contributed by atoms with Gasteiger partial charge < -0.3 is 14.5 Å². The maximum Gasteiger partial charge on any atom is 0.230 e. The van der Waals surface area contributed by atoms with Crippen LogP contribution in [0.4, 0.5) is 10.3 Å². The molecule has 0 aliphatic carbocycles. The monoisotopic (exact) mass is 510 g/mol. The first-order chi connectivity index (χ1) is 18.5. The normalized spacial score (nSPS) is 13.5. The van der Waals surface area contributed by atoms with Crippen molar-refractivity contribution in [2.24, 2.45) is 0 Å². The van der Waals surface area contributed by atoms with Gasteiger partial charge in [0.2, 0.25) is 17.7 Å². The first-order valence-corrected chi connectivity index (χ1v) is 12.9. The average molecular weight is 511 g/mol. The Hall–Kier alpha value is -4.26. The van der Waals surface area contributed by atoms with E-state index in [9.17, 15) is 9.18 Å². The quantitative estimate of drug-likeness (QED) is 0.286. The minimum absolute atomic E-state index is 0.0615. The van der Waals surface area contributed by atoms with Crippen molar-refractivity contribution in [2.45, 2.75) is 38.8 Å². The van der Waals surface area contributed by atoms with Crippen LogP contribution < -0.4 is 9.64 Å². The van der Waals surface area contributed by atoms with Crippen molar-refractivity contribution in [3.63, 3.8) is 0 Å². The lowest BCUT2D eigenvalue weighted by atomic mass is 9.94. The molecule has 0 fully saturated rings. The molecular weight excluding hydrogens is 479 g/mol. The predicted molar refractivity (Wildman–Crippen MR) is 146 cm³/mol. The molecule has 1 aromatic heterocycles. The van der Waals surface area contributed by atoms with Crippen molar-refractivity contribution in [2.75, 3.05) is 18.5 Å². The van der Waals surface area contributed by atoms with Gasteiger partial charge in [-0.1, -0.05) is 79.7 Å². The third-order valence-corrected chi connectivity index (χ3v) is 6.88. The summed E-state index contributed by atoms with van der Waals surface area (Å²) in [7, 11) is 1.92. The van der Waals surface area contributed by atoms with Crippen LogP contribution >= 0.6 is 0 Å². The van der Waals surface area contributed by atoms with Gasteiger partial charge in [-0.25, -0.2) is 9.37 Å². The molecule has 7 heteroatoms. The Morgan fingerprint density at radius 2 is 1.68 bits per heavy atom. The number of fused-ring (bicyclic) bond motifs is 1. The van der Waals surface area contributed by atoms with Gasteiger partial charge in [0.25, 0.3) is 0 Å². The molecule has 0 radical (unpaired) electrons. The van der Waals surface area contributed by atoms with Crippen LogP contribution in [-0.4, -0.2) is 34.4 Å². The molecule has 1 aliphatic heterocycles. The van der Waals surface area contributed by atoms with Gasteiger partial charge in [0.05, 0.1) is 23.7 Å². The van der Waals surface area contributed by atoms with E-state index in [2.05, 4.69) is 0 Å². The number of hydrogen-bond acceptors (Lipinski definition) is 5. The van der Waals surface area contributed by atoms with Crippen LogP contribution in [0.1, 0.15) is 41.6 Å². The highest BCUT2D eigenvalue weighted by atomic mass is 19.1. The molecule has 0 bridgehead atoms. The molecule has 2 heterocycles. The van der Waals surface area contributed by atoms with Gasteiger partial charge in [-0.15, -0.1) is 0 Å². The lowest BCUT2D eigenvalue weighted by molar-refractivity contribution is -0.133. The standard InChI is InChI=1S/C31H31FN4O2/c1-3-24(23-14-8-5-9-15-23)30(37)36-19-18-27-25(21-36)29(38-28-17-11-10-16-26(28)32)34-31(33-27)35(2)20-22-12-6-4-7-13-22/h4-17,24H,3,18-21H2,1-2H3/t24-/m0/s1. The highest BCUT2D eigenvalue weighted by Crippen LogP contribution is 2.34. The van der Waals surface area contributed by atoms with E-state index in [-0.39, 0.29) is 23.5 Å². The largest absolute Gasteiger partial charge is 0.435 e. The predicted octanol–water partition coefficient (Wildman–Crippen LogP) is 6.12. The molecule has 1 atom stereocenters. The van der Waals surface area contributed by atoms with Crippen molar-refractivity contribution >= 4 is 11.9 Å². The smallest absolute Gasteiger partial charge is 0.230 e. The zero-order chi connectivity index (χ0) is 26.5. The number of carbonyl (C=O) groups is 1. The molecule has 4 aromatic rings. The lowest BCUT2D eigenvalue weighted by Gasteiger charge is -2.32. The summed E-state index contributed by atoms with van der Waals surface area (Å²) in [5, 5.41) is 0. The van der Waals surface area contributed by atoms with E-state index in [0.29, 0.717) is 44.0 Å². The molecule has 38 heavy (non-hydrogen) atoms. The van der Waals surface area contributed by atoms with Crippen LogP contribution in [0.5, 0.6) is 11.6 Å². The fraction of sp³-hybridized carbons (Fsp3) is 0.258. The minimum atomic E-state index is -0.474. The van der Waals surface area contributed by atoms with Crippen LogP contribution in [-0.2, 0) is 24.3 Å². The molecule has 1 amide bonds. The molecular formula is C31H31FN4O2. The van der Waals surface area contributed by atoms with Gasteiger partial charge in [-0.05, 0) is 29.7 Å². The van der Waals surface area contributed by atoms with Gasteiger partial charge in [-0.3, -0.25) is 4.79 Å². The van der Waals surface area contributed by atoms with Crippen LogP contribution in [0.3, 0.4) is 0 Å². The molecule has 0 saturated carbocycles. The molecule has 0 spiro atoms. The number of aromatic nitrogens is 2. The van der Waals surface area contributed by atoms with Crippen molar-refractivity contribution < 1.29 is 13.9 Å². The second kappa shape index (κ2) is 11.4. The van der Waals surface area contributed by atoms with Crippen LogP contribution in [0, 0.1) is 5.82 Å². The van der Waals surface area contributed by atoms with E-state index < -0.39 is 5.82 Å². The molecule has 0 saturated heterocycles. The van der Waals surface area contributed by atoms with Gasteiger partial charge >= 0.3 is 0 Å². The fourth-order valence-electron chi connectivity index (χ4n) is 4.83. The SMILES string of the molecule is CC[C@H](C(=O)N1CCc2nc(N(C)Cc3ccccc3)nc(Oc3ccccc3F)c2C1)c1ccccc1. The second-order valence-electron chi connectivity index (χ2n) is 9.51. The number of benzene rings is 3. The van der Waals surface area contributed by atoms with Gasteiger partial charge in [0.1, 0.15) is 0 Å². The Morgan fingerprint density at radius 1 is 1.00 bits per heavy atom. The number of para-hydroxylation sites is 1. The highest BCUT2D eigenvalue weighted by molar-refractivity contribution is 5.84. The zero-order valence-corrected chi connectivity index (χ0v) is 21.7. The first kappa shape index (κ1) is 25.4. The summed E-state index contributed by atoms with van der Waals surface area (Å²) >= 11 is 0. The molecule has 1 aliphatic rings. The Labute approximate surface area is 222 Å². The Balaban J connectivity index is 1.47. The number of ether oxygens (including phenoxy) is 1. The topological polar surface area (TPSA) is 58.6 Å².